The zero-order valence-electron chi connectivity index (χ0n) is 16.2. The molecule has 2 aromatic carbocycles. The van der Waals surface area contributed by atoms with E-state index >= 15 is 0 Å². The number of nitrogens with one attached hydrogen (secondary N) is 1. The molecule has 0 saturated carbocycles. The summed E-state index contributed by atoms with van der Waals surface area (Å²) in [6, 6.07) is 7.02. The highest BCUT2D eigenvalue weighted by atomic mass is 35.5. The van der Waals surface area contributed by atoms with E-state index < -0.39 is 45.6 Å². The quantitative estimate of drug-likeness (QED) is 0.689. The Kier molecular flexibility index (Phi) is 7.25. The lowest BCUT2D eigenvalue weighted by Crippen LogP contribution is -2.33. The number of aliphatic hydroxyl groups excluding tert-OH is 1. The molecule has 0 aliphatic carbocycles. The van der Waals surface area contributed by atoms with Crippen LogP contribution in [-0.2, 0) is 16.7 Å². The number of alkyl halides is 2. The first-order valence-corrected chi connectivity index (χ1v) is 11.2. The van der Waals surface area contributed by atoms with Gasteiger partial charge in [-0.25, -0.2) is 21.6 Å². The van der Waals surface area contributed by atoms with Crippen LogP contribution < -0.4 is 5.32 Å². The first kappa shape index (κ1) is 23.5. The van der Waals surface area contributed by atoms with Crippen molar-refractivity contribution in [1.82, 2.24) is 4.31 Å². The first-order valence-electron chi connectivity index (χ1n) is 9.41. The number of amides is 1. The second kappa shape index (κ2) is 9.56. The molecule has 0 aromatic heterocycles. The number of benzene rings is 2. The van der Waals surface area contributed by atoms with Gasteiger partial charge in [-0.2, -0.15) is 4.31 Å². The monoisotopic (exact) mass is 476 g/mol. The first-order chi connectivity index (χ1) is 14.6. The molecule has 1 amide bonds. The van der Waals surface area contributed by atoms with Crippen LogP contribution in [0.5, 0.6) is 0 Å². The fourth-order valence-electron chi connectivity index (χ4n) is 3.23. The fraction of sp³-hybridized carbons (Fsp3) is 0.350. The van der Waals surface area contributed by atoms with E-state index in [1.165, 1.54) is 24.3 Å². The van der Waals surface area contributed by atoms with Gasteiger partial charge in [0.1, 0.15) is 18.7 Å². The number of aliphatic hydroxyl groups is 1. The number of carbonyl (C=O) groups excluding carboxylic acids is 1. The summed E-state index contributed by atoms with van der Waals surface area (Å²) < 4.78 is 67.8. The normalized spacial score (nSPS) is 20.3. The Hall–Kier alpha value is -2.14. The molecule has 0 bridgehead atoms. The number of hydrogen-bond acceptors (Lipinski definition) is 4. The maximum Gasteiger partial charge on any atom is 0.255 e. The van der Waals surface area contributed by atoms with E-state index in [4.69, 9.17) is 11.6 Å². The van der Waals surface area contributed by atoms with Gasteiger partial charge >= 0.3 is 0 Å². The van der Waals surface area contributed by atoms with E-state index in [-0.39, 0.29) is 47.8 Å². The molecule has 6 nitrogen and oxygen atoms in total. The minimum absolute atomic E-state index is 0.0746. The maximum atomic E-state index is 13.8. The lowest BCUT2D eigenvalue weighted by molar-refractivity contribution is 0.0757. The highest BCUT2D eigenvalue weighted by Crippen LogP contribution is 2.27. The second-order valence-corrected chi connectivity index (χ2v) is 9.42. The van der Waals surface area contributed by atoms with E-state index in [1.807, 2.05) is 0 Å². The number of carbonyl (C=O) groups is 1. The molecule has 0 radical (unpaired) electrons. The molecule has 2 aromatic rings. The van der Waals surface area contributed by atoms with Crippen LogP contribution in [-0.4, -0.2) is 49.1 Å². The van der Waals surface area contributed by atoms with Crippen LogP contribution >= 0.6 is 11.6 Å². The third-order valence-corrected chi connectivity index (χ3v) is 7.29. The lowest BCUT2D eigenvalue weighted by atomic mass is 10.1. The van der Waals surface area contributed by atoms with Crippen LogP contribution in [0.2, 0.25) is 5.02 Å². The Labute approximate surface area is 182 Å². The summed E-state index contributed by atoms with van der Waals surface area (Å²) in [7, 11) is -4.25. The Morgan fingerprint density at radius 2 is 1.90 bits per heavy atom. The molecule has 1 saturated heterocycles. The van der Waals surface area contributed by atoms with E-state index in [2.05, 4.69) is 5.32 Å². The molecule has 168 valence electrons. The van der Waals surface area contributed by atoms with E-state index in [0.717, 1.165) is 16.4 Å². The highest BCUT2D eigenvalue weighted by molar-refractivity contribution is 7.89. The lowest BCUT2D eigenvalue weighted by Gasteiger charge is -2.21. The number of sulfonamides is 1. The predicted octanol–water partition coefficient (Wildman–Crippen LogP) is 3.68. The summed E-state index contributed by atoms with van der Waals surface area (Å²) >= 11 is 5.69. The Bertz CT molecular complexity index is 1070. The SMILES string of the molecule is O=C(Nc1ccc(F)c(Cl)c1)c1ccc(CF)c(S(=O)(=O)N2CC[C@@H](F)[C@@H](O)CC2)c1. The molecule has 0 unspecified atom stereocenters. The van der Waals surface area contributed by atoms with Crippen LogP contribution in [0.1, 0.15) is 28.8 Å². The second-order valence-electron chi connectivity index (χ2n) is 7.10. The number of anilines is 1. The molecular weight excluding hydrogens is 457 g/mol. The van der Waals surface area contributed by atoms with E-state index in [1.54, 1.807) is 0 Å². The fourth-order valence-corrected chi connectivity index (χ4v) is 5.11. The van der Waals surface area contributed by atoms with Crippen LogP contribution in [0.15, 0.2) is 41.3 Å². The van der Waals surface area contributed by atoms with Gasteiger partial charge in [-0.3, -0.25) is 4.79 Å². The van der Waals surface area contributed by atoms with Gasteiger partial charge in [0, 0.05) is 29.9 Å². The maximum absolute atomic E-state index is 13.8. The van der Waals surface area contributed by atoms with E-state index in [0.29, 0.717) is 0 Å². The van der Waals surface area contributed by atoms with Crippen molar-refractivity contribution in [3.05, 3.63) is 58.4 Å². The van der Waals surface area contributed by atoms with Gasteiger partial charge in [0.2, 0.25) is 10.0 Å². The molecular formula is C20H20ClF3N2O4S. The van der Waals surface area contributed by atoms with Crippen molar-refractivity contribution in [2.45, 2.75) is 36.7 Å². The number of hydrogen-bond donors (Lipinski definition) is 2. The van der Waals surface area contributed by atoms with Crippen molar-refractivity contribution in [2.24, 2.45) is 0 Å². The molecule has 1 aliphatic rings. The number of rotatable bonds is 5. The van der Waals surface area contributed by atoms with Gasteiger partial charge in [0.15, 0.2) is 0 Å². The molecule has 0 spiro atoms. The molecule has 1 heterocycles. The Morgan fingerprint density at radius 3 is 2.58 bits per heavy atom. The molecule has 1 aliphatic heterocycles. The third-order valence-electron chi connectivity index (χ3n) is 5.01. The standard InChI is InChI=1S/C20H20ClF3N2O4S/c21-15-10-14(3-4-16(15)23)25-20(28)12-1-2-13(11-22)19(9-12)31(29,30)26-7-5-17(24)18(27)6-8-26/h1-4,9-10,17-18,27H,5-8,11H2,(H,25,28)/t17-,18+/m1/s1. The number of nitrogens with zero attached hydrogens (tertiary/aromatic N) is 1. The van der Waals surface area contributed by atoms with Crippen molar-refractivity contribution >= 4 is 33.2 Å². The smallest absolute Gasteiger partial charge is 0.255 e. The van der Waals surface area contributed by atoms with Gasteiger partial charge in [0.05, 0.1) is 16.0 Å². The molecule has 2 atom stereocenters. The molecule has 2 N–H and O–H groups in total. The van der Waals surface area contributed by atoms with Crippen molar-refractivity contribution < 1.29 is 31.5 Å². The minimum atomic E-state index is -4.25. The summed E-state index contributed by atoms with van der Waals surface area (Å²) in [5, 5.41) is 11.9. The molecule has 1 fully saturated rings. The Balaban J connectivity index is 1.90. The minimum Gasteiger partial charge on any atom is -0.390 e. The van der Waals surface area contributed by atoms with Gasteiger partial charge in [-0.1, -0.05) is 17.7 Å². The van der Waals surface area contributed by atoms with Gasteiger partial charge in [0.25, 0.3) is 5.91 Å². The van der Waals surface area contributed by atoms with Gasteiger partial charge in [-0.05, 0) is 43.2 Å². The van der Waals surface area contributed by atoms with Crippen LogP contribution in [0.25, 0.3) is 0 Å². The largest absolute Gasteiger partial charge is 0.390 e. The number of halogens is 4. The van der Waals surface area contributed by atoms with Crippen LogP contribution in [0.4, 0.5) is 18.9 Å². The summed E-state index contributed by atoms with van der Waals surface area (Å²) in [6.07, 6.45) is -3.13. The highest BCUT2D eigenvalue weighted by Gasteiger charge is 2.33. The zero-order valence-corrected chi connectivity index (χ0v) is 17.8. The van der Waals surface area contributed by atoms with E-state index in [9.17, 15) is 31.5 Å². The average molecular weight is 477 g/mol. The summed E-state index contributed by atoms with van der Waals surface area (Å²) in [5.74, 6) is -1.38. The third kappa shape index (κ3) is 5.20. The van der Waals surface area contributed by atoms with Gasteiger partial charge in [-0.15, -0.1) is 0 Å². The van der Waals surface area contributed by atoms with Crippen molar-refractivity contribution in [3.63, 3.8) is 0 Å². The molecule has 31 heavy (non-hydrogen) atoms. The molecule has 11 heteroatoms. The van der Waals surface area contributed by atoms with Crippen molar-refractivity contribution in [3.8, 4) is 0 Å². The van der Waals surface area contributed by atoms with Crippen molar-refractivity contribution in [1.29, 1.82) is 0 Å². The zero-order chi connectivity index (χ0) is 22.8. The summed E-state index contributed by atoms with van der Waals surface area (Å²) in [6.45, 7) is -1.41. The molecule has 3 rings (SSSR count). The predicted molar refractivity (Wildman–Crippen MR) is 110 cm³/mol. The van der Waals surface area contributed by atoms with Gasteiger partial charge < -0.3 is 10.4 Å². The average Bonchev–Trinajstić information content (AvgIpc) is 2.91. The topological polar surface area (TPSA) is 86.7 Å². The summed E-state index contributed by atoms with van der Waals surface area (Å²) in [4.78, 5) is 12.2. The van der Waals surface area contributed by atoms with Crippen molar-refractivity contribution in [2.75, 3.05) is 18.4 Å². The van der Waals surface area contributed by atoms with Crippen LogP contribution in [0.3, 0.4) is 0 Å². The summed E-state index contributed by atoms with van der Waals surface area (Å²) in [5.41, 5.74) is -0.0386. The van der Waals surface area contributed by atoms with Crippen LogP contribution in [0, 0.1) is 5.82 Å². The Morgan fingerprint density at radius 1 is 1.19 bits per heavy atom.